The summed E-state index contributed by atoms with van der Waals surface area (Å²) in [6, 6.07) is 8.99. The van der Waals surface area contributed by atoms with E-state index < -0.39 is 0 Å². The summed E-state index contributed by atoms with van der Waals surface area (Å²) in [6.07, 6.45) is 2.46. The van der Waals surface area contributed by atoms with Gasteiger partial charge in [-0.2, -0.15) is 0 Å². The zero-order chi connectivity index (χ0) is 19.6. The summed E-state index contributed by atoms with van der Waals surface area (Å²) in [7, 11) is 0. The van der Waals surface area contributed by atoms with Crippen molar-refractivity contribution in [2.45, 2.75) is 53.4 Å². The summed E-state index contributed by atoms with van der Waals surface area (Å²) >= 11 is 0. The molecule has 5 rings (SSSR count). The van der Waals surface area contributed by atoms with Crippen LogP contribution < -0.4 is 0 Å². The molecule has 0 amide bonds. The van der Waals surface area contributed by atoms with Gasteiger partial charge in [0, 0.05) is 17.0 Å². The average Bonchev–Trinajstić information content (AvgIpc) is 3.34. The van der Waals surface area contributed by atoms with Crippen molar-refractivity contribution >= 4 is 11.0 Å². The SMILES string of the molecule is Cc1cc(-c2cc(-c3c(C)noc3C)cc3nc(C4CC4)[nH]c23)cc(C)c1C. The number of imidazole rings is 1. The van der Waals surface area contributed by atoms with E-state index in [1.807, 2.05) is 13.8 Å². The fourth-order valence-corrected chi connectivity index (χ4v) is 4.14. The van der Waals surface area contributed by atoms with Crippen LogP contribution in [0.4, 0.5) is 0 Å². The minimum Gasteiger partial charge on any atom is -0.361 e. The molecule has 2 aromatic carbocycles. The smallest absolute Gasteiger partial charge is 0.141 e. The molecule has 4 nitrogen and oxygen atoms in total. The highest BCUT2D eigenvalue weighted by atomic mass is 16.5. The summed E-state index contributed by atoms with van der Waals surface area (Å²) in [5, 5.41) is 4.16. The normalized spacial score (nSPS) is 14.2. The third-order valence-corrected chi connectivity index (χ3v) is 6.14. The molecule has 0 aliphatic heterocycles. The fourth-order valence-electron chi connectivity index (χ4n) is 4.14. The standard InChI is InChI=1S/C24H25N3O/c1-12-8-18(9-13(2)14(12)3)20-10-19(22-15(4)27-28-16(22)5)11-21-23(20)26-24(25-21)17-6-7-17/h8-11,17H,6-7H2,1-5H3,(H,25,26). The van der Waals surface area contributed by atoms with Crippen molar-refractivity contribution in [3.05, 3.63) is 58.2 Å². The van der Waals surface area contributed by atoms with Crippen LogP contribution in [0.25, 0.3) is 33.3 Å². The quantitative estimate of drug-likeness (QED) is 0.459. The van der Waals surface area contributed by atoms with Crippen LogP contribution in [0.1, 0.15) is 52.7 Å². The Bertz CT molecular complexity index is 1180. The molecule has 0 atom stereocenters. The highest BCUT2D eigenvalue weighted by molar-refractivity contribution is 5.96. The molecule has 1 aliphatic rings. The Morgan fingerprint density at radius 1 is 0.929 bits per heavy atom. The van der Waals surface area contributed by atoms with Gasteiger partial charge in [0.1, 0.15) is 11.6 Å². The number of nitrogens with one attached hydrogen (secondary N) is 1. The summed E-state index contributed by atoms with van der Waals surface area (Å²) in [6.45, 7) is 10.5. The Morgan fingerprint density at radius 2 is 1.64 bits per heavy atom. The zero-order valence-corrected chi connectivity index (χ0v) is 17.1. The van der Waals surface area contributed by atoms with Gasteiger partial charge in [-0.1, -0.05) is 17.3 Å². The van der Waals surface area contributed by atoms with Gasteiger partial charge in [0.25, 0.3) is 0 Å². The summed E-state index contributed by atoms with van der Waals surface area (Å²) in [5.74, 6) is 2.55. The Labute approximate surface area is 165 Å². The van der Waals surface area contributed by atoms with Crippen LogP contribution in [0.5, 0.6) is 0 Å². The van der Waals surface area contributed by atoms with E-state index in [4.69, 9.17) is 9.51 Å². The van der Waals surface area contributed by atoms with Crippen molar-refractivity contribution in [2.75, 3.05) is 0 Å². The van der Waals surface area contributed by atoms with Gasteiger partial charge in [-0.15, -0.1) is 0 Å². The van der Waals surface area contributed by atoms with Crippen LogP contribution in [-0.2, 0) is 0 Å². The Kier molecular flexibility index (Phi) is 3.73. The molecule has 1 N–H and O–H groups in total. The molecule has 4 aromatic rings. The number of fused-ring (bicyclic) bond motifs is 1. The topological polar surface area (TPSA) is 54.7 Å². The number of hydrogen-bond acceptors (Lipinski definition) is 3. The molecule has 1 fully saturated rings. The first-order valence-corrected chi connectivity index (χ1v) is 9.97. The van der Waals surface area contributed by atoms with Crippen LogP contribution in [0.2, 0.25) is 0 Å². The highest BCUT2D eigenvalue weighted by Gasteiger charge is 2.28. The van der Waals surface area contributed by atoms with E-state index in [1.165, 1.54) is 40.7 Å². The maximum Gasteiger partial charge on any atom is 0.141 e. The summed E-state index contributed by atoms with van der Waals surface area (Å²) < 4.78 is 5.44. The van der Waals surface area contributed by atoms with Crippen molar-refractivity contribution < 1.29 is 4.52 Å². The van der Waals surface area contributed by atoms with Crippen LogP contribution in [0.15, 0.2) is 28.8 Å². The van der Waals surface area contributed by atoms with Gasteiger partial charge in [0.05, 0.1) is 16.7 Å². The lowest BCUT2D eigenvalue weighted by Gasteiger charge is -2.12. The van der Waals surface area contributed by atoms with Crippen molar-refractivity contribution in [1.29, 1.82) is 0 Å². The number of aryl methyl sites for hydroxylation is 4. The Hall–Kier alpha value is -2.88. The van der Waals surface area contributed by atoms with Gasteiger partial charge in [-0.05, 0) is 87.4 Å². The lowest BCUT2D eigenvalue weighted by Crippen LogP contribution is -1.91. The minimum absolute atomic E-state index is 0.587. The molecule has 4 heteroatoms. The number of nitrogens with zero attached hydrogens (tertiary/aromatic N) is 2. The molecule has 0 radical (unpaired) electrons. The fraction of sp³-hybridized carbons (Fsp3) is 0.333. The third-order valence-electron chi connectivity index (χ3n) is 6.14. The number of H-pyrrole nitrogens is 1. The first-order valence-electron chi connectivity index (χ1n) is 9.97. The average molecular weight is 371 g/mol. The van der Waals surface area contributed by atoms with Crippen molar-refractivity contribution in [3.8, 4) is 22.3 Å². The number of hydrogen-bond donors (Lipinski definition) is 1. The second-order valence-electron chi connectivity index (χ2n) is 8.25. The van der Waals surface area contributed by atoms with Gasteiger partial charge in [-0.25, -0.2) is 4.98 Å². The third kappa shape index (κ3) is 2.67. The van der Waals surface area contributed by atoms with Crippen molar-refractivity contribution in [1.82, 2.24) is 15.1 Å². The zero-order valence-electron chi connectivity index (χ0n) is 17.1. The lowest BCUT2D eigenvalue weighted by molar-refractivity contribution is 0.393. The van der Waals surface area contributed by atoms with E-state index >= 15 is 0 Å². The van der Waals surface area contributed by atoms with Crippen LogP contribution in [0.3, 0.4) is 0 Å². The molecule has 0 bridgehead atoms. The molecule has 0 spiro atoms. The second kappa shape index (κ2) is 6.06. The van der Waals surface area contributed by atoms with E-state index in [0.717, 1.165) is 39.4 Å². The largest absolute Gasteiger partial charge is 0.361 e. The van der Waals surface area contributed by atoms with E-state index in [9.17, 15) is 0 Å². The molecule has 142 valence electrons. The molecule has 28 heavy (non-hydrogen) atoms. The molecular formula is C24H25N3O. The monoisotopic (exact) mass is 371 g/mol. The number of aromatic amines is 1. The van der Waals surface area contributed by atoms with E-state index in [2.05, 4.69) is 55.2 Å². The second-order valence-corrected chi connectivity index (χ2v) is 8.25. The predicted octanol–water partition coefficient (Wildman–Crippen LogP) is 6.30. The Morgan fingerprint density at radius 3 is 2.25 bits per heavy atom. The number of aromatic nitrogens is 3. The minimum atomic E-state index is 0.587. The van der Waals surface area contributed by atoms with Gasteiger partial charge in [-0.3, -0.25) is 0 Å². The molecule has 0 saturated heterocycles. The number of benzene rings is 2. The van der Waals surface area contributed by atoms with Crippen molar-refractivity contribution in [2.24, 2.45) is 0 Å². The first-order chi connectivity index (χ1) is 13.4. The molecular weight excluding hydrogens is 346 g/mol. The van der Waals surface area contributed by atoms with Crippen LogP contribution >= 0.6 is 0 Å². The number of rotatable bonds is 3. The van der Waals surface area contributed by atoms with Crippen molar-refractivity contribution in [3.63, 3.8) is 0 Å². The summed E-state index contributed by atoms with van der Waals surface area (Å²) in [5.41, 5.74) is 11.6. The highest BCUT2D eigenvalue weighted by Crippen LogP contribution is 2.42. The first kappa shape index (κ1) is 17.2. The molecule has 2 heterocycles. The van der Waals surface area contributed by atoms with Gasteiger partial charge < -0.3 is 9.51 Å². The Balaban J connectivity index is 1.81. The summed E-state index contributed by atoms with van der Waals surface area (Å²) in [4.78, 5) is 8.58. The van der Waals surface area contributed by atoms with Gasteiger partial charge >= 0.3 is 0 Å². The van der Waals surface area contributed by atoms with Crippen LogP contribution in [-0.4, -0.2) is 15.1 Å². The maximum atomic E-state index is 5.44. The molecule has 0 unspecified atom stereocenters. The molecule has 1 aliphatic carbocycles. The van der Waals surface area contributed by atoms with Crippen LogP contribution in [0, 0.1) is 34.6 Å². The molecule has 2 aromatic heterocycles. The van der Waals surface area contributed by atoms with E-state index in [0.29, 0.717) is 5.92 Å². The van der Waals surface area contributed by atoms with Gasteiger partial charge in [0.15, 0.2) is 0 Å². The van der Waals surface area contributed by atoms with Gasteiger partial charge in [0.2, 0.25) is 0 Å². The molecule has 1 saturated carbocycles. The lowest BCUT2D eigenvalue weighted by atomic mass is 9.93. The maximum absolute atomic E-state index is 5.44. The van der Waals surface area contributed by atoms with E-state index in [-0.39, 0.29) is 0 Å². The van der Waals surface area contributed by atoms with E-state index in [1.54, 1.807) is 0 Å². The predicted molar refractivity (Wildman–Crippen MR) is 113 cm³/mol.